The van der Waals surface area contributed by atoms with Gasteiger partial charge in [0.2, 0.25) is 0 Å². The molecule has 0 radical (unpaired) electrons. The van der Waals surface area contributed by atoms with Crippen LogP contribution in [0.25, 0.3) is 0 Å². The summed E-state index contributed by atoms with van der Waals surface area (Å²) in [7, 11) is 0. The molecular formula is C15H17F2NOS. The van der Waals surface area contributed by atoms with Crippen LogP contribution in [-0.2, 0) is 19.5 Å². The lowest BCUT2D eigenvalue weighted by molar-refractivity contribution is -0.0498. The molecule has 0 spiro atoms. The number of ether oxygens (including phenoxy) is 1. The summed E-state index contributed by atoms with van der Waals surface area (Å²) in [5.74, 6) is 0.189. The van der Waals surface area contributed by atoms with E-state index < -0.39 is 6.61 Å². The van der Waals surface area contributed by atoms with Gasteiger partial charge in [0.25, 0.3) is 0 Å². The lowest BCUT2D eigenvalue weighted by atomic mass is 10.2. The van der Waals surface area contributed by atoms with Gasteiger partial charge in [-0.1, -0.05) is 19.1 Å². The predicted molar refractivity (Wildman–Crippen MR) is 77.3 cm³/mol. The molecule has 0 saturated heterocycles. The molecule has 1 aromatic heterocycles. The fourth-order valence-corrected chi connectivity index (χ4v) is 2.75. The first-order valence-corrected chi connectivity index (χ1v) is 7.31. The van der Waals surface area contributed by atoms with E-state index in [9.17, 15) is 8.78 Å². The zero-order valence-corrected chi connectivity index (χ0v) is 12.1. The number of thiophene rings is 1. The molecule has 1 heterocycles. The van der Waals surface area contributed by atoms with E-state index in [0.717, 1.165) is 18.5 Å². The van der Waals surface area contributed by atoms with Crippen LogP contribution in [-0.4, -0.2) is 6.61 Å². The van der Waals surface area contributed by atoms with E-state index in [1.165, 1.54) is 9.75 Å². The zero-order chi connectivity index (χ0) is 14.4. The van der Waals surface area contributed by atoms with Crippen LogP contribution in [0.5, 0.6) is 5.75 Å². The smallest absolute Gasteiger partial charge is 0.387 e. The van der Waals surface area contributed by atoms with Crippen molar-refractivity contribution in [3.63, 3.8) is 0 Å². The molecule has 0 unspecified atom stereocenters. The number of hydrogen-bond acceptors (Lipinski definition) is 3. The van der Waals surface area contributed by atoms with Gasteiger partial charge < -0.3 is 10.1 Å². The molecule has 2 nitrogen and oxygen atoms in total. The van der Waals surface area contributed by atoms with E-state index in [4.69, 9.17) is 0 Å². The SMILES string of the molecule is CCc1ccc(CNCc2ccc(OC(F)F)cc2)s1. The van der Waals surface area contributed by atoms with E-state index >= 15 is 0 Å². The molecule has 0 saturated carbocycles. The first-order valence-electron chi connectivity index (χ1n) is 6.49. The van der Waals surface area contributed by atoms with E-state index in [2.05, 4.69) is 29.1 Å². The maximum Gasteiger partial charge on any atom is 0.387 e. The fourth-order valence-electron chi connectivity index (χ4n) is 1.83. The Morgan fingerprint density at radius 3 is 2.35 bits per heavy atom. The highest BCUT2D eigenvalue weighted by atomic mass is 32.1. The molecule has 0 fully saturated rings. The number of nitrogens with one attached hydrogen (secondary N) is 1. The van der Waals surface area contributed by atoms with Gasteiger partial charge in [0.15, 0.2) is 0 Å². The van der Waals surface area contributed by atoms with Crippen molar-refractivity contribution in [1.82, 2.24) is 5.32 Å². The average Bonchev–Trinajstić information content (AvgIpc) is 2.88. The monoisotopic (exact) mass is 297 g/mol. The topological polar surface area (TPSA) is 21.3 Å². The lowest BCUT2D eigenvalue weighted by Gasteiger charge is -2.06. The molecule has 0 amide bonds. The van der Waals surface area contributed by atoms with Crippen LogP contribution < -0.4 is 10.1 Å². The third-order valence-electron chi connectivity index (χ3n) is 2.84. The van der Waals surface area contributed by atoms with E-state index in [1.807, 2.05) is 11.3 Å². The molecule has 108 valence electrons. The lowest BCUT2D eigenvalue weighted by Crippen LogP contribution is -2.11. The second kappa shape index (κ2) is 7.36. The summed E-state index contributed by atoms with van der Waals surface area (Å²) in [5, 5.41) is 3.34. The highest BCUT2D eigenvalue weighted by Gasteiger charge is 2.03. The van der Waals surface area contributed by atoms with Crippen LogP contribution in [0.1, 0.15) is 22.2 Å². The summed E-state index contributed by atoms with van der Waals surface area (Å²) in [5.41, 5.74) is 1.04. The van der Waals surface area contributed by atoms with Crippen LogP contribution in [0.4, 0.5) is 8.78 Å². The Bertz CT molecular complexity index is 525. The largest absolute Gasteiger partial charge is 0.435 e. The van der Waals surface area contributed by atoms with Crippen LogP contribution in [0.15, 0.2) is 36.4 Å². The first-order chi connectivity index (χ1) is 9.67. The molecule has 2 aromatic rings. The quantitative estimate of drug-likeness (QED) is 0.827. The molecule has 5 heteroatoms. The summed E-state index contributed by atoms with van der Waals surface area (Å²) in [6.45, 7) is 0.894. The Balaban J connectivity index is 1.79. The van der Waals surface area contributed by atoms with Crippen LogP contribution in [0.3, 0.4) is 0 Å². The maximum absolute atomic E-state index is 12.0. The summed E-state index contributed by atoms with van der Waals surface area (Å²) in [6.07, 6.45) is 1.07. The van der Waals surface area contributed by atoms with E-state index in [0.29, 0.717) is 6.54 Å². The standard InChI is InChI=1S/C15H17F2NOS/c1-2-13-7-8-14(20-13)10-18-9-11-3-5-12(6-4-11)19-15(16)17/h3-8,15,18H,2,9-10H2,1H3. The number of hydrogen-bond donors (Lipinski definition) is 1. The van der Waals surface area contributed by atoms with Gasteiger partial charge in [0.05, 0.1) is 0 Å². The number of benzene rings is 1. The van der Waals surface area contributed by atoms with Crippen molar-refractivity contribution in [3.05, 3.63) is 51.7 Å². The van der Waals surface area contributed by atoms with Crippen LogP contribution in [0, 0.1) is 0 Å². The second-order valence-electron chi connectivity index (χ2n) is 4.35. The minimum absolute atomic E-state index is 0.189. The molecule has 0 atom stereocenters. The summed E-state index contributed by atoms with van der Waals surface area (Å²) in [4.78, 5) is 2.69. The zero-order valence-electron chi connectivity index (χ0n) is 11.2. The molecular weight excluding hydrogens is 280 g/mol. The van der Waals surface area contributed by atoms with Crippen molar-refractivity contribution in [1.29, 1.82) is 0 Å². The molecule has 1 N–H and O–H groups in total. The first kappa shape index (κ1) is 14.9. The Morgan fingerprint density at radius 2 is 1.75 bits per heavy atom. The third-order valence-corrected chi connectivity index (χ3v) is 4.07. The molecule has 20 heavy (non-hydrogen) atoms. The summed E-state index contributed by atoms with van der Waals surface area (Å²) in [6, 6.07) is 11.0. The van der Waals surface area contributed by atoms with Crippen molar-refractivity contribution in [2.45, 2.75) is 33.0 Å². The Kier molecular flexibility index (Phi) is 5.49. The highest BCUT2D eigenvalue weighted by Crippen LogP contribution is 2.17. The van der Waals surface area contributed by atoms with Gasteiger partial charge in [-0.2, -0.15) is 8.78 Å². The number of alkyl halides is 2. The summed E-state index contributed by atoms with van der Waals surface area (Å²) >= 11 is 1.81. The minimum Gasteiger partial charge on any atom is -0.435 e. The number of halogens is 2. The fraction of sp³-hybridized carbons (Fsp3) is 0.333. The van der Waals surface area contributed by atoms with Gasteiger partial charge in [-0.3, -0.25) is 0 Å². The van der Waals surface area contributed by atoms with Crippen molar-refractivity contribution < 1.29 is 13.5 Å². The third kappa shape index (κ3) is 4.58. The predicted octanol–water partition coefficient (Wildman–Crippen LogP) is 4.20. The van der Waals surface area contributed by atoms with Crippen molar-refractivity contribution in [2.75, 3.05) is 0 Å². The van der Waals surface area contributed by atoms with Crippen molar-refractivity contribution >= 4 is 11.3 Å². The average molecular weight is 297 g/mol. The van der Waals surface area contributed by atoms with Crippen LogP contribution in [0.2, 0.25) is 0 Å². The molecule has 1 aromatic carbocycles. The van der Waals surface area contributed by atoms with Gasteiger partial charge in [-0.15, -0.1) is 11.3 Å². The number of aryl methyl sites for hydroxylation is 1. The van der Waals surface area contributed by atoms with Gasteiger partial charge >= 0.3 is 6.61 Å². The minimum atomic E-state index is -2.77. The molecule has 0 aliphatic heterocycles. The Morgan fingerprint density at radius 1 is 1.05 bits per heavy atom. The van der Waals surface area contributed by atoms with Gasteiger partial charge in [-0.05, 0) is 36.2 Å². The second-order valence-corrected chi connectivity index (χ2v) is 5.60. The number of rotatable bonds is 7. The van der Waals surface area contributed by atoms with Crippen molar-refractivity contribution in [3.8, 4) is 5.75 Å². The van der Waals surface area contributed by atoms with Crippen molar-refractivity contribution in [2.24, 2.45) is 0 Å². The molecule has 0 aliphatic carbocycles. The van der Waals surface area contributed by atoms with Gasteiger partial charge in [0, 0.05) is 22.8 Å². The molecule has 0 bridgehead atoms. The summed E-state index contributed by atoms with van der Waals surface area (Å²) < 4.78 is 28.3. The molecule has 0 aliphatic rings. The highest BCUT2D eigenvalue weighted by molar-refractivity contribution is 7.11. The van der Waals surface area contributed by atoms with Crippen LogP contribution >= 0.6 is 11.3 Å². The van der Waals surface area contributed by atoms with E-state index in [1.54, 1.807) is 24.3 Å². The van der Waals surface area contributed by atoms with E-state index in [-0.39, 0.29) is 5.75 Å². The van der Waals surface area contributed by atoms with Gasteiger partial charge in [-0.25, -0.2) is 0 Å². The maximum atomic E-state index is 12.0. The Labute approximate surface area is 121 Å². The van der Waals surface area contributed by atoms with Gasteiger partial charge in [0.1, 0.15) is 5.75 Å². The normalized spacial score (nSPS) is 11.0. The Hall–Kier alpha value is -1.46. The molecule has 2 rings (SSSR count).